The van der Waals surface area contributed by atoms with E-state index < -0.39 is 16.2 Å². The van der Waals surface area contributed by atoms with E-state index in [1.807, 2.05) is 0 Å². The topological polar surface area (TPSA) is 83.8 Å². The van der Waals surface area contributed by atoms with E-state index in [0.29, 0.717) is 18.4 Å². The Balaban J connectivity index is 1.24. The third-order valence-electron chi connectivity index (χ3n) is 6.04. The zero-order valence-corrected chi connectivity index (χ0v) is 16.9. The molecular formula is C21H21FN4O3S. The second-order valence-electron chi connectivity index (χ2n) is 7.91. The van der Waals surface area contributed by atoms with Crippen LogP contribution < -0.4 is 5.32 Å². The van der Waals surface area contributed by atoms with Crippen LogP contribution in [0.4, 0.5) is 4.39 Å². The fourth-order valence-electron chi connectivity index (χ4n) is 4.40. The van der Waals surface area contributed by atoms with Crippen molar-refractivity contribution in [2.75, 3.05) is 6.54 Å². The van der Waals surface area contributed by atoms with Crippen molar-refractivity contribution >= 4 is 21.6 Å². The molecule has 0 radical (unpaired) electrons. The summed E-state index contributed by atoms with van der Waals surface area (Å²) in [5.74, 6) is -0.406. The lowest BCUT2D eigenvalue weighted by molar-refractivity contribution is 0.0950. The van der Waals surface area contributed by atoms with E-state index >= 15 is 0 Å². The third-order valence-corrected chi connectivity index (χ3v) is 7.97. The SMILES string of the molecule is O=C(NCc1ccc(S(=O)(=O)N2C[C@H]3C[C@@H]2CC3F)cc1)c1ccc2nccn2c1. The number of hydrogen-bond acceptors (Lipinski definition) is 4. The second-order valence-corrected chi connectivity index (χ2v) is 9.80. The quantitative estimate of drug-likeness (QED) is 0.676. The lowest BCUT2D eigenvalue weighted by Crippen LogP contribution is -2.40. The number of aromatic nitrogens is 2. The summed E-state index contributed by atoms with van der Waals surface area (Å²) in [5, 5.41) is 2.84. The number of fused-ring (bicyclic) bond motifs is 3. The average Bonchev–Trinajstić information content (AvgIpc) is 3.47. The highest BCUT2D eigenvalue weighted by atomic mass is 32.2. The summed E-state index contributed by atoms with van der Waals surface area (Å²) < 4.78 is 42.7. The van der Waals surface area contributed by atoms with E-state index in [2.05, 4.69) is 10.3 Å². The number of pyridine rings is 1. The Kier molecular flexibility index (Phi) is 4.59. The van der Waals surface area contributed by atoms with Crippen LogP contribution in [0.3, 0.4) is 0 Å². The van der Waals surface area contributed by atoms with E-state index in [9.17, 15) is 17.6 Å². The summed E-state index contributed by atoms with van der Waals surface area (Å²) in [6, 6.07) is 9.73. The highest BCUT2D eigenvalue weighted by Gasteiger charge is 2.49. The molecule has 2 aliphatic rings. The Morgan fingerprint density at radius 3 is 2.67 bits per heavy atom. The molecule has 2 aromatic heterocycles. The van der Waals surface area contributed by atoms with Crippen molar-refractivity contribution in [1.82, 2.24) is 19.0 Å². The van der Waals surface area contributed by atoms with Crippen LogP contribution in [0.2, 0.25) is 0 Å². The van der Waals surface area contributed by atoms with Crippen molar-refractivity contribution in [1.29, 1.82) is 0 Å². The van der Waals surface area contributed by atoms with Crippen LogP contribution in [0, 0.1) is 5.92 Å². The van der Waals surface area contributed by atoms with E-state index in [0.717, 1.165) is 11.2 Å². The van der Waals surface area contributed by atoms with Gasteiger partial charge in [0.1, 0.15) is 11.8 Å². The van der Waals surface area contributed by atoms with Gasteiger partial charge in [0.2, 0.25) is 10.0 Å². The monoisotopic (exact) mass is 428 g/mol. The minimum absolute atomic E-state index is 0.180. The molecule has 1 amide bonds. The third kappa shape index (κ3) is 3.27. The van der Waals surface area contributed by atoms with Crippen LogP contribution in [0.5, 0.6) is 0 Å². The molecule has 5 rings (SSSR count). The largest absolute Gasteiger partial charge is 0.348 e. The molecule has 1 aliphatic heterocycles. The predicted molar refractivity (Wildman–Crippen MR) is 108 cm³/mol. The van der Waals surface area contributed by atoms with Gasteiger partial charge < -0.3 is 9.72 Å². The Hall–Kier alpha value is -2.78. The van der Waals surface area contributed by atoms with Crippen molar-refractivity contribution in [2.45, 2.75) is 36.5 Å². The van der Waals surface area contributed by atoms with Gasteiger partial charge in [0.15, 0.2) is 0 Å². The van der Waals surface area contributed by atoms with Gasteiger partial charge in [-0.3, -0.25) is 4.79 Å². The Morgan fingerprint density at radius 2 is 1.97 bits per heavy atom. The summed E-state index contributed by atoms with van der Waals surface area (Å²) in [5.41, 5.74) is 2.06. The first-order chi connectivity index (χ1) is 14.4. The van der Waals surface area contributed by atoms with Gasteiger partial charge in [0.05, 0.1) is 10.5 Å². The maximum absolute atomic E-state index is 13.7. The smallest absolute Gasteiger partial charge is 0.253 e. The molecular weight excluding hydrogens is 407 g/mol. The maximum Gasteiger partial charge on any atom is 0.253 e. The Labute approximate surface area is 173 Å². The highest BCUT2D eigenvalue weighted by Crippen LogP contribution is 2.42. The van der Waals surface area contributed by atoms with Crippen LogP contribution >= 0.6 is 0 Å². The lowest BCUT2D eigenvalue weighted by atomic mass is 10.1. The lowest BCUT2D eigenvalue weighted by Gasteiger charge is -2.27. The van der Waals surface area contributed by atoms with Gasteiger partial charge in [0, 0.05) is 43.6 Å². The molecule has 1 N–H and O–H groups in total. The maximum atomic E-state index is 13.7. The predicted octanol–water partition coefficient (Wildman–Crippen LogP) is 2.39. The highest BCUT2D eigenvalue weighted by molar-refractivity contribution is 7.89. The molecule has 7 nitrogen and oxygen atoms in total. The van der Waals surface area contributed by atoms with E-state index in [4.69, 9.17) is 0 Å². The van der Waals surface area contributed by atoms with Gasteiger partial charge in [-0.15, -0.1) is 0 Å². The molecule has 3 aromatic rings. The molecule has 1 saturated carbocycles. The first kappa shape index (κ1) is 19.2. The van der Waals surface area contributed by atoms with Gasteiger partial charge in [0.25, 0.3) is 5.91 Å². The fourth-order valence-corrected chi connectivity index (χ4v) is 6.10. The second kappa shape index (κ2) is 7.17. The van der Waals surface area contributed by atoms with E-state index in [1.165, 1.54) is 4.31 Å². The number of halogens is 1. The first-order valence-electron chi connectivity index (χ1n) is 9.87. The fraction of sp³-hybridized carbons (Fsp3) is 0.333. The van der Waals surface area contributed by atoms with Crippen LogP contribution in [0.15, 0.2) is 59.9 Å². The first-order valence-corrected chi connectivity index (χ1v) is 11.3. The van der Waals surface area contributed by atoms with Crippen LogP contribution in [0.25, 0.3) is 5.65 Å². The number of hydrogen-bond donors (Lipinski definition) is 1. The molecule has 0 spiro atoms. The number of amides is 1. The standard InChI is InChI=1S/C21H21FN4O3S/c22-19-10-17-9-16(19)13-26(17)30(28,29)18-4-1-14(2-5-18)11-24-21(27)15-3-6-20-23-7-8-25(20)12-15/h1-8,12,16-17,19H,9-11,13H2,(H,24,27)/t16-,17-,19?/m1/s1. The average molecular weight is 428 g/mol. The normalized spacial score (nSPS) is 23.8. The summed E-state index contributed by atoms with van der Waals surface area (Å²) in [6.07, 6.45) is 5.15. The van der Waals surface area contributed by atoms with Crippen molar-refractivity contribution in [2.24, 2.45) is 5.92 Å². The Bertz CT molecular complexity index is 1210. The van der Waals surface area contributed by atoms with Gasteiger partial charge >= 0.3 is 0 Å². The molecule has 30 heavy (non-hydrogen) atoms. The number of alkyl halides is 1. The minimum Gasteiger partial charge on any atom is -0.348 e. The number of sulfonamides is 1. The number of rotatable bonds is 5. The van der Waals surface area contributed by atoms with Crippen LogP contribution in [-0.2, 0) is 16.6 Å². The molecule has 1 aliphatic carbocycles. The van der Waals surface area contributed by atoms with Crippen LogP contribution in [0.1, 0.15) is 28.8 Å². The molecule has 1 saturated heterocycles. The van der Waals surface area contributed by atoms with Gasteiger partial charge in [-0.2, -0.15) is 4.31 Å². The molecule has 1 unspecified atom stereocenters. The summed E-state index contributed by atoms with van der Waals surface area (Å²) in [7, 11) is -3.63. The summed E-state index contributed by atoms with van der Waals surface area (Å²) >= 11 is 0. The number of carbonyl (C=O) groups excluding carboxylic acids is 1. The van der Waals surface area contributed by atoms with Crippen molar-refractivity contribution in [3.05, 3.63) is 66.1 Å². The molecule has 156 valence electrons. The van der Waals surface area contributed by atoms with Gasteiger partial charge in [-0.25, -0.2) is 17.8 Å². The number of benzene rings is 1. The van der Waals surface area contributed by atoms with Gasteiger partial charge in [-0.05, 0) is 42.7 Å². The van der Waals surface area contributed by atoms with Crippen molar-refractivity contribution in [3.8, 4) is 0 Å². The van der Waals surface area contributed by atoms with Crippen molar-refractivity contribution < 1.29 is 17.6 Å². The zero-order valence-electron chi connectivity index (χ0n) is 16.1. The van der Waals surface area contributed by atoms with Crippen LogP contribution in [-0.4, -0.2) is 46.8 Å². The van der Waals surface area contributed by atoms with E-state index in [1.54, 1.807) is 59.4 Å². The minimum atomic E-state index is -3.63. The summed E-state index contributed by atoms with van der Waals surface area (Å²) in [4.78, 5) is 16.8. The summed E-state index contributed by atoms with van der Waals surface area (Å²) in [6.45, 7) is 0.534. The molecule has 1 aromatic carbocycles. The van der Waals surface area contributed by atoms with Gasteiger partial charge in [-0.1, -0.05) is 12.1 Å². The molecule has 2 fully saturated rings. The molecule has 3 heterocycles. The molecule has 9 heteroatoms. The number of piperidine rings is 1. The zero-order chi connectivity index (χ0) is 20.9. The number of imidazole rings is 1. The molecule has 2 bridgehead atoms. The Morgan fingerprint density at radius 1 is 1.17 bits per heavy atom. The number of nitrogens with zero attached hydrogens (tertiary/aromatic N) is 3. The molecule has 3 atom stereocenters. The number of carbonyl (C=O) groups is 1. The number of nitrogens with one attached hydrogen (secondary N) is 1. The van der Waals surface area contributed by atoms with Crippen molar-refractivity contribution in [3.63, 3.8) is 0 Å². The van der Waals surface area contributed by atoms with E-state index in [-0.39, 0.29) is 35.9 Å².